The van der Waals surface area contributed by atoms with Crippen molar-refractivity contribution in [2.24, 2.45) is 0 Å². The van der Waals surface area contributed by atoms with E-state index >= 15 is 0 Å². The zero-order chi connectivity index (χ0) is 13.5. The van der Waals surface area contributed by atoms with Crippen LogP contribution in [0.4, 0.5) is 10.1 Å². The van der Waals surface area contributed by atoms with Gasteiger partial charge in [-0.05, 0) is 32.5 Å². The van der Waals surface area contributed by atoms with Crippen molar-refractivity contribution >= 4 is 5.69 Å². The Morgan fingerprint density at radius 1 is 1.44 bits per heavy atom. The summed E-state index contributed by atoms with van der Waals surface area (Å²) in [7, 11) is 3.53. The first-order chi connectivity index (χ1) is 8.65. The molecule has 1 rings (SSSR count). The Hall–Kier alpha value is -1.13. The first kappa shape index (κ1) is 14.9. The van der Waals surface area contributed by atoms with Gasteiger partial charge < -0.3 is 15.0 Å². The molecule has 0 aliphatic rings. The van der Waals surface area contributed by atoms with E-state index in [1.54, 1.807) is 13.2 Å². The van der Waals surface area contributed by atoms with Gasteiger partial charge in [0.05, 0.1) is 12.3 Å². The molecule has 1 aromatic rings. The number of rotatable bonds is 7. The fraction of sp³-hybridized carbons (Fsp3) is 0.571. The number of nitrogens with one attached hydrogen (secondary N) is 1. The van der Waals surface area contributed by atoms with Crippen molar-refractivity contribution in [3.63, 3.8) is 0 Å². The Morgan fingerprint density at radius 2 is 2.17 bits per heavy atom. The van der Waals surface area contributed by atoms with Crippen molar-refractivity contribution < 1.29 is 9.13 Å². The van der Waals surface area contributed by atoms with Crippen LogP contribution < -0.4 is 10.2 Å². The molecule has 1 aromatic carbocycles. The lowest BCUT2D eigenvalue weighted by atomic mass is 10.1. The molecule has 0 radical (unpaired) electrons. The molecule has 0 aromatic heterocycles. The molecule has 102 valence electrons. The zero-order valence-electron chi connectivity index (χ0n) is 11.7. The van der Waals surface area contributed by atoms with Gasteiger partial charge in [0.25, 0.3) is 0 Å². The van der Waals surface area contributed by atoms with Gasteiger partial charge in [0, 0.05) is 26.2 Å². The van der Waals surface area contributed by atoms with Gasteiger partial charge >= 0.3 is 0 Å². The largest absolute Gasteiger partial charge is 0.383 e. The van der Waals surface area contributed by atoms with Crippen LogP contribution in [0.2, 0.25) is 0 Å². The molecule has 3 nitrogen and oxygen atoms in total. The van der Waals surface area contributed by atoms with Crippen molar-refractivity contribution in [3.05, 3.63) is 29.6 Å². The number of ether oxygens (including phenoxy) is 1. The molecule has 0 fully saturated rings. The summed E-state index contributed by atoms with van der Waals surface area (Å²) in [6.45, 7) is 6.07. The molecule has 0 amide bonds. The lowest BCUT2D eigenvalue weighted by Gasteiger charge is -2.31. The Balaban J connectivity index is 3.10. The first-order valence-corrected chi connectivity index (χ1v) is 6.33. The molecule has 1 unspecified atom stereocenters. The summed E-state index contributed by atoms with van der Waals surface area (Å²) >= 11 is 0. The third-order valence-electron chi connectivity index (χ3n) is 3.01. The minimum atomic E-state index is -0.174. The molecule has 4 heteroatoms. The average molecular weight is 254 g/mol. The van der Waals surface area contributed by atoms with E-state index in [1.807, 2.05) is 31.9 Å². The number of halogens is 1. The molecule has 0 bridgehead atoms. The van der Waals surface area contributed by atoms with E-state index in [0.717, 1.165) is 12.1 Å². The Bertz CT molecular complexity index is 371. The fourth-order valence-corrected chi connectivity index (χ4v) is 2.24. The molecule has 0 heterocycles. The van der Waals surface area contributed by atoms with Crippen molar-refractivity contribution in [3.8, 4) is 0 Å². The molecule has 18 heavy (non-hydrogen) atoms. The molecule has 1 N–H and O–H groups in total. The van der Waals surface area contributed by atoms with Gasteiger partial charge in [-0.1, -0.05) is 12.1 Å². The summed E-state index contributed by atoms with van der Waals surface area (Å²) in [4.78, 5) is 2.05. The molecule has 0 aliphatic heterocycles. The molecule has 0 spiro atoms. The topological polar surface area (TPSA) is 24.5 Å². The summed E-state index contributed by atoms with van der Waals surface area (Å²) < 4.78 is 19.3. The number of hydrogen-bond acceptors (Lipinski definition) is 3. The van der Waals surface area contributed by atoms with Gasteiger partial charge in [-0.25, -0.2) is 4.39 Å². The average Bonchev–Trinajstić information content (AvgIpc) is 2.34. The second-order valence-electron chi connectivity index (χ2n) is 4.37. The summed E-state index contributed by atoms with van der Waals surface area (Å²) in [6.07, 6.45) is 0. The highest BCUT2D eigenvalue weighted by atomic mass is 19.1. The third kappa shape index (κ3) is 3.43. The summed E-state index contributed by atoms with van der Waals surface area (Å²) in [5, 5.41) is 3.08. The highest BCUT2D eigenvalue weighted by molar-refractivity contribution is 5.55. The SMILES string of the molecule is CCN(c1c(F)cccc1CNC)C(C)COC. The van der Waals surface area contributed by atoms with E-state index in [2.05, 4.69) is 5.32 Å². The van der Waals surface area contributed by atoms with Crippen molar-refractivity contribution in [1.29, 1.82) is 0 Å². The monoisotopic (exact) mass is 254 g/mol. The van der Waals surface area contributed by atoms with Gasteiger partial charge in [0.15, 0.2) is 0 Å². The predicted molar refractivity (Wildman–Crippen MR) is 73.5 cm³/mol. The van der Waals surface area contributed by atoms with Crippen molar-refractivity contribution in [1.82, 2.24) is 5.32 Å². The number of anilines is 1. The molecule has 1 atom stereocenters. The van der Waals surface area contributed by atoms with Crippen LogP contribution in [0.25, 0.3) is 0 Å². The second kappa shape index (κ2) is 7.34. The first-order valence-electron chi connectivity index (χ1n) is 6.33. The summed E-state index contributed by atoms with van der Waals surface area (Å²) in [5.41, 5.74) is 1.65. The van der Waals surface area contributed by atoms with E-state index in [1.165, 1.54) is 6.07 Å². The minimum Gasteiger partial charge on any atom is -0.383 e. The Morgan fingerprint density at radius 3 is 2.72 bits per heavy atom. The zero-order valence-corrected chi connectivity index (χ0v) is 11.7. The molecular formula is C14H23FN2O. The summed E-state index contributed by atoms with van der Waals surface area (Å²) in [5.74, 6) is -0.174. The van der Waals surface area contributed by atoms with Gasteiger partial charge in [-0.15, -0.1) is 0 Å². The van der Waals surface area contributed by atoms with Gasteiger partial charge in [-0.3, -0.25) is 0 Å². The van der Waals surface area contributed by atoms with E-state index in [0.29, 0.717) is 18.8 Å². The van der Waals surface area contributed by atoms with E-state index < -0.39 is 0 Å². The molecule has 0 saturated carbocycles. The van der Waals surface area contributed by atoms with Gasteiger partial charge in [0.2, 0.25) is 0 Å². The third-order valence-corrected chi connectivity index (χ3v) is 3.01. The maximum absolute atomic E-state index is 14.1. The number of nitrogens with zero attached hydrogens (tertiary/aromatic N) is 1. The second-order valence-corrected chi connectivity index (χ2v) is 4.37. The fourth-order valence-electron chi connectivity index (χ4n) is 2.24. The quantitative estimate of drug-likeness (QED) is 0.808. The Kier molecular flexibility index (Phi) is 6.09. The number of likely N-dealkylation sites (N-methyl/N-ethyl adjacent to an activating group) is 1. The molecule has 0 saturated heterocycles. The number of hydrogen-bond donors (Lipinski definition) is 1. The number of methoxy groups -OCH3 is 1. The number of benzene rings is 1. The number of para-hydroxylation sites is 1. The van der Waals surface area contributed by atoms with E-state index in [4.69, 9.17) is 4.74 Å². The van der Waals surface area contributed by atoms with Crippen LogP contribution in [-0.2, 0) is 11.3 Å². The maximum atomic E-state index is 14.1. The maximum Gasteiger partial charge on any atom is 0.146 e. The predicted octanol–water partition coefficient (Wildman–Crippen LogP) is 2.41. The van der Waals surface area contributed by atoms with Gasteiger partial charge in [-0.2, -0.15) is 0 Å². The molecule has 0 aliphatic carbocycles. The minimum absolute atomic E-state index is 0.146. The lowest BCUT2D eigenvalue weighted by Crippen LogP contribution is -2.37. The van der Waals surface area contributed by atoms with Crippen LogP contribution in [0.1, 0.15) is 19.4 Å². The van der Waals surface area contributed by atoms with Crippen LogP contribution in [-0.4, -0.2) is 33.4 Å². The van der Waals surface area contributed by atoms with E-state index in [9.17, 15) is 4.39 Å². The van der Waals surface area contributed by atoms with Crippen molar-refractivity contribution in [2.75, 3.05) is 32.2 Å². The van der Waals surface area contributed by atoms with Crippen LogP contribution in [0.15, 0.2) is 18.2 Å². The summed E-state index contributed by atoms with van der Waals surface area (Å²) in [6, 6.07) is 5.36. The lowest BCUT2D eigenvalue weighted by molar-refractivity contribution is 0.181. The Labute approximate surface area is 109 Å². The smallest absolute Gasteiger partial charge is 0.146 e. The molecular weight excluding hydrogens is 231 g/mol. The highest BCUT2D eigenvalue weighted by Crippen LogP contribution is 2.26. The standard InChI is InChI=1S/C14H23FN2O/c1-5-17(11(2)10-18-4)14-12(9-16-3)7-6-8-13(14)15/h6-8,11,16H,5,9-10H2,1-4H3. The van der Waals surface area contributed by atoms with Crippen LogP contribution in [0.3, 0.4) is 0 Å². The normalized spacial score (nSPS) is 12.5. The highest BCUT2D eigenvalue weighted by Gasteiger charge is 2.19. The van der Waals surface area contributed by atoms with Crippen LogP contribution in [0, 0.1) is 5.82 Å². The van der Waals surface area contributed by atoms with Crippen molar-refractivity contribution in [2.45, 2.75) is 26.4 Å². The van der Waals surface area contributed by atoms with Crippen LogP contribution in [0.5, 0.6) is 0 Å². The van der Waals surface area contributed by atoms with Crippen LogP contribution >= 0.6 is 0 Å². The van der Waals surface area contributed by atoms with Gasteiger partial charge in [0.1, 0.15) is 5.82 Å². The van der Waals surface area contributed by atoms with E-state index in [-0.39, 0.29) is 11.9 Å².